The normalized spacial score (nSPS) is 18.6. The van der Waals surface area contributed by atoms with Gasteiger partial charge < -0.3 is 10.1 Å². The summed E-state index contributed by atoms with van der Waals surface area (Å²) in [6.07, 6.45) is 3.45. The van der Waals surface area contributed by atoms with E-state index in [1.165, 1.54) is 19.3 Å². The summed E-state index contributed by atoms with van der Waals surface area (Å²) in [5.41, 5.74) is -0.411. The molecule has 1 heterocycles. The lowest BCUT2D eigenvalue weighted by Crippen LogP contribution is -2.42. The minimum atomic E-state index is -0.411. The van der Waals surface area contributed by atoms with Gasteiger partial charge in [0.15, 0.2) is 0 Å². The molecule has 1 saturated heterocycles. The first-order valence-electron chi connectivity index (χ1n) is 5.66. The lowest BCUT2D eigenvalue weighted by Gasteiger charge is -2.27. The van der Waals surface area contributed by atoms with Crippen LogP contribution in [-0.2, 0) is 4.74 Å². The van der Waals surface area contributed by atoms with Gasteiger partial charge in [-0.25, -0.2) is 4.79 Å². The molecule has 4 nitrogen and oxygen atoms in total. The average Bonchev–Trinajstić information content (AvgIpc) is 2.14. The number of piperidine rings is 1. The molecule has 88 valence electrons. The van der Waals surface area contributed by atoms with Crippen LogP contribution in [0, 0.1) is 0 Å². The predicted molar refractivity (Wildman–Crippen MR) is 59.7 cm³/mol. The van der Waals surface area contributed by atoms with Crippen LogP contribution in [-0.4, -0.2) is 36.4 Å². The Labute approximate surface area is 92.0 Å². The number of nitrogens with zero attached hydrogens (tertiary/aromatic N) is 1. The van der Waals surface area contributed by atoms with Crippen molar-refractivity contribution >= 4 is 6.09 Å². The molecular formula is C11H22N2O2. The Bertz CT molecular complexity index is 205. The van der Waals surface area contributed by atoms with Gasteiger partial charge in [-0.1, -0.05) is 6.42 Å². The van der Waals surface area contributed by atoms with E-state index < -0.39 is 5.60 Å². The second kappa shape index (κ2) is 5.35. The molecule has 0 spiro atoms. The largest absolute Gasteiger partial charge is 0.444 e. The molecule has 1 rings (SSSR count). The Hall–Kier alpha value is -0.770. The van der Waals surface area contributed by atoms with Crippen molar-refractivity contribution in [2.75, 3.05) is 19.8 Å². The SMILES string of the molecule is CC(C)(C)OC(=O)NCN1CCCCC1. The molecule has 1 N–H and O–H groups in total. The maximum absolute atomic E-state index is 11.3. The first-order chi connectivity index (χ1) is 6.97. The molecule has 15 heavy (non-hydrogen) atoms. The maximum atomic E-state index is 11.3. The van der Waals surface area contributed by atoms with Gasteiger partial charge in [-0.2, -0.15) is 0 Å². The van der Waals surface area contributed by atoms with Crippen LogP contribution < -0.4 is 5.32 Å². The molecule has 0 bridgehead atoms. The fourth-order valence-electron chi connectivity index (χ4n) is 1.61. The molecular weight excluding hydrogens is 192 g/mol. The Morgan fingerprint density at radius 1 is 1.27 bits per heavy atom. The van der Waals surface area contributed by atoms with Gasteiger partial charge in [-0.3, -0.25) is 4.90 Å². The van der Waals surface area contributed by atoms with Gasteiger partial charge in [0, 0.05) is 0 Å². The van der Waals surface area contributed by atoms with E-state index in [4.69, 9.17) is 4.74 Å². The zero-order valence-corrected chi connectivity index (χ0v) is 10.0. The van der Waals surface area contributed by atoms with E-state index in [9.17, 15) is 4.79 Å². The quantitative estimate of drug-likeness (QED) is 0.764. The van der Waals surface area contributed by atoms with Gasteiger partial charge in [-0.05, 0) is 46.7 Å². The van der Waals surface area contributed by atoms with Crippen LogP contribution in [0.2, 0.25) is 0 Å². The second-order valence-corrected chi connectivity index (χ2v) is 5.02. The van der Waals surface area contributed by atoms with E-state index in [2.05, 4.69) is 10.2 Å². The summed E-state index contributed by atoms with van der Waals surface area (Å²) in [5, 5.41) is 2.77. The van der Waals surface area contributed by atoms with Gasteiger partial charge in [0.05, 0.1) is 6.67 Å². The third-order valence-corrected chi connectivity index (χ3v) is 2.29. The molecule has 0 radical (unpaired) electrons. The average molecular weight is 214 g/mol. The molecule has 4 heteroatoms. The monoisotopic (exact) mass is 214 g/mol. The smallest absolute Gasteiger partial charge is 0.408 e. The van der Waals surface area contributed by atoms with E-state index in [1.807, 2.05) is 20.8 Å². The van der Waals surface area contributed by atoms with Crippen molar-refractivity contribution in [1.29, 1.82) is 0 Å². The fourth-order valence-corrected chi connectivity index (χ4v) is 1.61. The van der Waals surface area contributed by atoms with Crippen LogP contribution in [0.4, 0.5) is 4.79 Å². The third-order valence-electron chi connectivity index (χ3n) is 2.29. The molecule has 0 aromatic rings. The standard InChI is InChI=1S/C11H22N2O2/c1-11(2,3)15-10(14)12-9-13-7-5-4-6-8-13/h4-9H2,1-3H3,(H,12,14). The number of ether oxygens (including phenoxy) is 1. The second-order valence-electron chi connectivity index (χ2n) is 5.02. The summed E-state index contributed by atoms with van der Waals surface area (Å²) in [7, 11) is 0. The Balaban J connectivity index is 2.15. The van der Waals surface area contributed by atoms with E-state index in [-0.39, 0.29) is 6.09 Å². The van der Waals surface area contributed by atoms with Gasteiger partial charge in [0.25, 0.3) is 0 Å². The Morgan fingerprint density at radius 2 is 1.87 bits per heavy atom. The molecule has 0 atom stereocenters. The van der Waals surface area contributed by atoms with Crippen molar-refractivity contribution in [3.05, 3.63) is 0 Å². The number of alkyl carbamates (subject to hydrolysis) is 1. The summed E-state index contributed by atoms with van der Waals surface area (Å²) >= 11 is 0. The number of hydrogen-bond acceptors (Lipinski definition) is 3. The predicted octanol–water partition coefficient (Wildman–Crippen LogP) is 1.95. The molecule has 0 aromatic heterocycles. The van der Waals surface area contributed by atoms with E-state index >= 15 is 0 Å². The minimum absolute atomic E-state index is 0.326. The zero-order chi connectivity index (χ0) is 11.3. The van der Waals surface area contributed by atoms with Crippen LogP contribution in [0.3, 0.4) is 0 Å². The topological polar surface area (TPSA) is 41.6 Å². The first-order valence-corrected chi connectivity index (χ1v) is 5.66. The van der Waals surface area contributed by atoms with Gasteiger partial charge >= 0.3 is 6.09 Å². The highest BCUT2D eigenvalue weighted by molar-refractivity contribution is 5.67. The number of likely N-dealkylation sites (tertiary alicyclic amines) is 1. The third kappa shape index (κ3) is 5.62. The maximum Gasteiger partial charge on any atom is 0.408 e. The molecule has 1 aliphatic heterocycles. The summed E-state index contributed by atoms with van der Waals surface area (Å²) in [5.74, 6) is 0. The van der Waals surface area contributed by atoms with E-state index in [0.717, 1.165) is 13.1 Å². The summed E-state index contributed by atoms with van der Waals surface area (Å²) in [4.78, 5) is 13.6. The molecule has 0 unspecified atom stereocenters. The van der Waals surface area contributed by atoms with Crippen molar-refractivity contribution in [2.24, 2.45) is 0 Å². The van der Waals surface area contributed by atoms with Crippen LogP contribution >= 0.6 is 0 Å². The van der Waals surface area contributed by atoms with Crippen molar-refractivity contribution in [2.45, 2.75) is 45.6 Å². The number of hydrogen-bond donors (Lipinski definition) is 1. The lowest BCUT2D eigenvalue weighted by molar-refractivity contribution is 0.0484. The van der Waals surface area contributed by atoms with E-state index in [0.29, 0.717) is 6.67 Å². The van der Waals surface area contributed by atoms with Crippen LogP contribution in [0.15, 0.2) is 0 Å². The highest BCUT2D eigenvalue weighted by Crippen LogP contribution is 2.08. The molecule has 1 amide bonds. The summed E-state index contributed by atoms with van der Waals surface area (Å²) < 4.78 is 5.15. The number of nitrogens with one attached hydrogen (secondary N) is 1. The molecule has 0 aromatic carbocycles. The van der Waals surface area contributed by atoms with Gasteiger partial charge in [0.2, 0.25) is 0 Å². The van der Waals surface area contributed by atoms with Crippen molar-refractivity contribution in [3.63, 3.8) is 0 Å². The van der Waals surface area contributed by atoms with Crippen LogP contribution in [0.25, 0.3) is 0 Å². The fraction of sp³-hybridized carbons (Fsp3) is 0.909. The number of carbonyl (C=O) groups excluding carboxylic acids is 1. The van der Waals surface area contributed by atoms with Gasteiger partial charge in [-0.15, -0.1) is 0 Å². The number of carbonyl (C=O) groups is 1. The number of rotatable bonds is 2. The van der Waals surface area contributed by atoms with Crippen molar-refractivity contribution < 1.29 is 9.53 Å². The first kappa shape index (κ1) is 12.3. The molecule has 1 fully saturated rings. The number of amides is 1. The summed E-state index contributed by atoms with van der Waals surface area (Å²) in [6, 6.07) is 0. The Kier molecular flexibility index (Phi) is 4.39. The van der Waals surface area contributed by atoms with Gasteiger partial charge in [0.1, 0.15) is 5.60 Å². The molecule has 0 saturated carbocycles. The minimum Gasteiger partial charge on any atom is -0.444 e. The van der Waals surface area contributed by atoms with Crippen LogP contribution in [0.1, 0.15) is 40.0 Å². The Morgan fingerprint density at radius 3 is 2.40 bits per heavy atom. The molecule has 1 aliphatic rings. The molecule has 0 aliphatic carbocycles. The highest BCUT2D eigenvalue weighted by Gasteiger charge is 2.17. The van der Waals surface area contributed by atoms with Crippen molar-refractivity contribution in [3.8, 4) is 0 Å². The zero-order valence-electron chi connectivity index (χ0n) is 10.0. The van der Waals surface area contributed by atoms with E-state index in [1.54, 1.807) is 0 Å². The summed E-state index contributed by atoms with van der Waals surface area (Å²) in [6.45, 7) is 8.37. The van der Waals surface area contributed by atoms with Crippen LogP contribution in [0.5, 0.6) is 0 Å². The lowest BCUT2D eigenvalue weighted by atomic mass is 10.1. The van der Waals surface area contributed by atoms with Crippen molar-refractivity contribution in [1.82, 2.24) is 10.2 Å². The highest BCUT2D eigenvalue weighted by atomic mass is 16.6.